The van der Waals surface area contributed by atoms with Crippen molar-refractivity contribution >= 4 is 5.57 Å². The predicted molar refractivity (Wildman–Crippen MR) is 124 cm³/mol. The van der Waals surface area contributed by atoms with Gasteiger partial charge in [0.05, 0.1) is 23.4 Å². The van der Waals surface area contributed by atoms with Crippen molar-refractivity contribution in [3.8, 4) is 11.8 Å². The maximum absolute atomic E-state index is 9.01. The first kappa shape index (κ1) is 23.9. The average molecular weight is 389 g/mol. The van der Waals surface area contributed by atoms with Gasteiger partial charge >= 0.3 is 0 Å². The van der Waals surface area contributed by atoms with Gasteiger partial charge in [0, 0.05) is 17.5 Å². The molecule has 0 spiro atoms. The van der Waals surface area contributed by atoms with Crippen molar-refractivity contribution in [2.75, 3.05) is 14.1 Å². The topological polar surface area (TPSA) is 44.9 Å². The molecule has 0 fully saturated rings. The van der Waals surface area contributed by atoms with E-state index in [1.165, 1.54) is 0 Å². The molecule has 0 radical (unpaired) electrons. The lowest BCUT2D eigenvalue weighted by Crippen LogP contribution is -2.20. The second kappa shape index (κ2) is 12.3. The third-order valence-corrected chi connectivity index (χ3v) is 4.43. The number of nitrogens with zero attached hydrogens (tertiary/aromatic N) is 4. The zero-order valence-electron chi connectivity index (χ0n) is 18.3. The van der Waals surface area contributed by atoms with Crippen LogP contribution in [0, 0.1) is 11.3 Å². The number of imidazole rings is 1. The van der Waals surface area contributed by atoms with Gasteiger partial charge in [0.2, 0.25) is 0 Å². The minimum absolute atomic E-state index is 0.136. The molecule has 0 saturated heterocycles. The van der Waals surface area contributed by atoms with E-state index in [4.69, 9.17) is 10.2 Å². The quantitative estimate of drug-likeness (QED) is 0.425. The van der Waals surface area contributed by atoms with Gasteiger partial charge in [-0.15, -0.1) is 6.58 Å². The Hall–Kier alpha value is -3.16. The van der Waals surface area contributed by atoms with Crippen molar-refractivity contribution in [3.63, 3.8) is 0 Å². The van der Waals surface area contributed by atoms with E-state index in [0.29, 0.717) is 5.56 Å². The molecule has 4 nitrogen and oxygen atoms in total. The standard InChI is InChI=1S/C21H24N4.C4H8/c1-6-8-9-18(7-2)20-15-25(21(23-20)16(3)24(4)5)19-12-10-17(14-22)11-13-19;1-3-4-2/h6-13,15-16H,2H2,1,3-5H3;3H,1,4H2,2H3/b8-6-,18-9+;. The molecule has 1 atom stereocenters. The molecule has 1 unspecified atom stereocenters. The summed E-state index contributed by atoms with van der Waals surface area (Å²) in [4.78, 5) is 6.98. The molecule has 1 aromatic heterocycles. The van der Waals surface area contributed by atoms with Crippen molar-refractivity contribution < 1.29 is 0 Å². The van der Waals surface area contributed by atoms with E-state index < -0.39 is 0 Å². The lowest BCUT2D eigenvalue weighted by atomic mass is 10.2. The number of hydrogen-bond acceptors (Lipinski definition) is 3. The van der Waals surface area contributed by atoms with Crippen molar-refractivity contribution in [3.05, 3.63) is 91.1 Å². The summed E-state index contributed by atoms with van der Waals surface area (Å²) in [7, 11) is 4.07. The first-order chi connectivity index (χ1) is 13.9. The van der Waals surface area contributed by atoms with E-state index in [-0.39, 0.29) is 6.04 Å². The highest BCUT2D eigenvalue weighted by molar-refractivity contribution is 5.72. The molecular formula is C25H32N4. The molecule has 0 saturated carbocycles. The molecule has 2 aromatic rings. The molecule has 0 aliphatic carbocycles. The lowest BCUT2D eigenvalue weighted by Gasteiger charge is -2.20. The van der Waals surface area contributed by atoms with Crippen LogP contribution < -0.4 is 0 Å². The fourth-order valence-corrected chi connectivity index (χ4v) is 2.42. The highest BCUT2D eigenvalue weighted by atomic mass is 15.2. The summed E-state index contributed by atoms with van der Waals surface area (Å²) in [6.07, 6.45) is 12.8. The van der Waals surface area contributed by atoms with Crippen molar-refractivity contribution in [1.82, 2.24) is 14.5 Å². The second-order valence-corrected chi connectivity index (χ2v) is 6.70. The number of benzene rings is 1. The Labute approximate surface area is 175 Å². The summed E-state index contributed by atoms with van der Waals surface area (Å²) >= 11 is 0. The van der Waals surface area contributed by atoms with Gasteiger partial charge in [-0.1, -0.05) is 43.9 Å². The van der Waals surface area contributed by atoms with Crippen molar-refractivity contribution in [2.45, 2.75) is 33.2 Å². The van der Waals surface area contributed by atoms with Crippen LogP contribution in [-0.2, 0) is 0 Å². The van der Waals surface area contributed by atoms with Gasteiger partial charge in [-0.2, -0.15) is 5.26 Å². The highest BCUT2D eigenvalue weighted by Crippen LogP contribution is 2.25. The minimum Gasteiger partial charge on any atom is -0.302 e. The average Bonchev–Trinajstić information content (AvgIpc) is 3.19. The Balaban J connectivity index is 0.000000960. The molecular weight excluding hydrogens is 356 g/mol. The summed E-state index contributed by atoms with van der Waals surface area (Å²) < 4.78 is 2.08. The van der Waals surface area contributed by atoms with Gasteiger partial charge in [-0.25, -0.2) is 4.98 Å². The van der Waals surface area contributed by atoms with E-state index >= 15 is 0 Å². The molecule has 0 aliphatic heterocycles. The first-order valence-electron chi connectivity index (χ1n) is 9.76. The van der Waals surface area contributed by atoms with Gasteiger partial charge in [-0.3, -0.25) is 4.90 Å². The van der Waals surface area contributed by atoms with E-state index in [0.717, 1.165) is 29.2 Å². The fourth-order valence-electron chi connectivity index (χ4n) is 2.42. The van der Waals surface area contributed by atoms with Gasteiger partial charge in [0.15, 0.2) is 0 Å². The molecule has 4 heteroatoms. The van der Waals surface area contributed by atoms with Crippen LogP contribution in [0.2, 0.25) is 0 Å². The Morgan fingerprint density at radius 3 is 2.34 bits per heavy atom. The molecule has 1 heterocycles. The van der Waals surface area contributed by atoms with Crippen LogP contribution in [-0.4, -0.2) is 28.5 Å². The van der Waals surface area contributed by atoms with Gasteiger partial charge in [0.25, 0.3) is 0 Å². The third-order valence-electron chi connectivity index (χ3n) is 4.43. The largest absolute Gasteiger partial charge is 0.302 e. The number of aromatic nitrogens is 2. The first-order valence-corrected chi connectivity index (χ1v) is 9.76. The van der Waals surface area contributed by atoms with Crippen LogP contribution in [0.3, 0.4) is 0 Å². The summed E-state index contributed by atoms with van der Waals surface area (Å²) in [5.74, 6) is 0.943. The molecule has 2 rings (SSSR count). The molecule has 0 aliphatic rings. The molecule has 29 heavy (non-hydrogen) atoms. The van der Waals surface area contributed by atoms with E-state index in [1.54, 1.807) is 0 Å². The van der Waals surface area contributed by atoms with Crippen LogP contribution in [0.4, 0.5) is 0 Å². The normalized spacial score (nSPS) is 12.2. The number of nitriles is 1. The second-order valence-electron chi connectivity index (χ2n) is 6.70. The van der Waals surface area contributed by atoms with E-state index in [9.17, 15) is 0 Å². The zero-order valence-corrected chi connectivity index (χ0v) is 18.3. The van der Waals surface area contributed by atoms with Crippen LogP contribution in [0.1, 0.15) is 50.3 Å². The molecule has 0 amide bonds. The molecule has 1 aromatic carbocycles. The van der Waals surface area contributed by atoms with E-state index in [1.807, 2.05) is 81.9 Å². The summed E-state index contributed by atoms with van der Waals surface area (Å²) in [6, 6.07) is 9.82. The number of allylic oxidation sites excluding steroid dienone is 6. The summed E-state index contributed by atoms with van der Waals surface area (Å²) in [6.45, 7) is 13.5. The maximum Gasteiger partial charge on any atom is 0.131 e. The number of rotatable bonds is 7. The Morgan fingerprint density at radius 1 is 1.28 bits per heavy atom. The fraction of sp³-hybridized carbons (Fsp3) is 0.280. The van der Waals surface area contributed by atoms with Crippen LogP contribution in [0.15, 0.2) is 74.0 Å². The monoisotopic (exact) mass is 388 g/mol. The smallest absolute Gasteiger partial charge is 0.131 e. The summed E-state index contributed by atoms with van der Waals surface area (Å²) in [5, 5.41) is 9.01. The van der Waals surface area contributed by atoms with E-state index in [2.05, 4.69) is 42.5 Å². The highest BCUT2D eigenvalue weighted by Gasteiger charge is 2.18. The minimum atomic E-state index is 0.136. The molecule has 152 valence electrons. The molecule has 0 bridgehead atoms. The van der Waals surface area contributed by atoms with Crippen LogP contribution in [0.25, 0.3) is 11.3 Å². The van der Waals surface area contributed by atoms with Crippen LogP contribution in [0.5, 0.6) is 0 Å². The maximum atomic E-state index is 9.01. The third kappa shape index (κ3) is 6.74. The molecule has 0 N–H and O–H groups in total. The predicted octanol–water partition coefficient (Wildman–Crippen LogP) is 6.09. The Bertz CT molecular complexity index is 890. The SMILES string of the molecule is C=C/C(=C\C=C/C)c1cn(-c2ccc(C#N)cc2)c(C(C)N(C)C)n1.C=CCC. The lowest BCUT2D eigenvalue weighted by molar-refractivity contribution is 0.306. The van der Waals surface area contributed by atoms with Crippen molar-refractivity contribution in [2.24, 2.45) is 0 Å². The summed E-state index contributed by atoms with van der Waals surface area (Å²) in [5.41, 5.74) is 3.47. The van der Waals surface area contributed by atoms with Crippen molar-refractivity contribution in [1.29, 1.82) is 5.26 Å². The number of hydrogen-bond donors (Lipinski definition) is 0. The van der Waals surface area contributed by atoms with Gasteiger partial charge in [-0.05, 0) is 58.6 Å². The Morgan fingerprint density at radius 2 is 1.90 bits per heavy atom. The van der Waals surface area contributed by atoms with Gasteiger partial charge in [0.1, 0.15) is 5.82 Å². The zero-order chi connectivity index (χ0) is 21.8. The van der Waals surface area contributed by atoms with Crippen LogP contribution >= 0.6 is 0 Å². The Kier molecular flexibility index (Phi) is 10.2. The van der Waals surface area contributed by atoms with Gasteiger partial charge < -0.3 is 4.57 Å².